The fraction of sp³-hybridized carbons (Fsp3) is 0.389. The normalized spacial score (nSPS) is 15.0. The van der Waals surface area contributed by atoms with E-state index in [4.69, 9.17) is 4.42 Å². The lowest BCUT2D eigenvalue weighted by atomic mass is 10.0. The Bertz CT molecular complexity index is 918. The molecule has 124 valence electrons. The van der Waals surface area contributed by atoms with Crippen LogP contribution in [0.25, 0.3) is 11.0 Å². The number of hydrogen-bond acceptors (Lipinski definition) is 4. The van der Waals surface area contributed by atoms with Crippen molar-refractivity contribution in [2.24, 2.45) is 0 Å². The quantitative estimate of drug-likeness (QED) is 0.743. The first-order valence-corrected chi connectivity index (χ1v) is 8.26. The number of aromatic nitrogens is 3. The second kappa shape index (κ2) is 5.47. The van der Waals surface area contributed by atoms with Gasteiger partial charge in [-0.2, -0.15) is 5.10 Å². The van der Waals surface area contributed by atoms with Crippen LogP contribution < -0.4 is 0 Å². The Morgan fingerprint density at radius 2 is 2.12 bits per heavy atom. The lowest BCUT2D eigenvalue weighted by Gasteiger charge is -2.39. The van der Waals surface area contributed by atoms with Gasteiger partial charge in [0.05, 0.1) is 11.6 Å². The van der Waals surface area contributed by atoms with Crippen LogP contribution in [0.1, 0.15) is 40.5 Å². The van der Waals surface area contributed by atoms with Crippen molar-refractivity contribution in [1.29, 1.82) is 0 Å². The van der Waals surface area contributed by atoms with Gasteiger partial charge in [-0.25, -0.2) is 9.67 Å². The fourth-order valence-electron chi connectivity index (χ4n) is 3.29. The Morgan fingerprint density at radius 1 is 1.33 bits per heavy atom. The van der Waals surface area contributed by atoms with Crippen LogP contribution in [0.2, 0.25) is 0 Å². The van der Waals surface area contributed by atoms with Crippen LogP contribution >= 0.6 is 0 Å². The van der Waals surface area contributed by atoms with E-state index in [0.29, 0.717) is 18.7 Å². The molecule has 6 nitrogen and oxygen atoms in total. The van der Waals surface area contributed by atoms with Crippen molar-refractivity contribution in [2.45, 2.75) is 33.2 Å². The molecule has 1 aliphatic heterocycles. The molecule has 3 heterocycles. The molecule has 1 aliphatic rings. The van der Waals surface area contributed by atoms with Crippen molar-refractivity contribution in [1.82, 2.24) is 19.7 Å². The van der Waals surface area contributed by atoms with Crippen LogP contribution in [-0.2, 0) is 6.42 Å². The van der Waals surface area contributed by atoms with E-state index in [2.05, 4.69) is 17.0 Å². The third-order valence-corrected chi connectivity index (χ3v) is 4.68. The molecule has 0 atom stereocenters. The second-order valence-electron chi connectivity index (χ2n) is 6.35. The molecule has 1 amide bonds. The molecule has 2 aromatic heterocycles. The minimum Gasteiger partial charge on any atom is -0.463 e. The van der Waals surface area contributed by atoms with Crippen molar-refractivity contribution < 1.29 is 9.21 Å². The van der Waals surface area contributed by atoms with Gasteiger partial charge >= 0.3 is 0 Å². The number of carbonyl (C=O) groups is 1. The van der Waals surface area contributed by atoms with Crippen LogP contribution in [0, 0.1) is 13.8 Å². The summed E-state index contributed by atoms with van der Waals surface area (Å²) in [5.41, 5.74) is 2.61. The SMILES string of the molecule is CCc1ccc2occ(C(=O)N3CC(n4nc(C)nc4C)C3)c2c1. The van der Waals surface area contributed by atoms with Crippen LogP contribution in [0.15, 0.2) is 28.9 Å². The predicted molar refractivity (Wildman–Crippen MR) is 90.0 cm³/mol. The van der Waals surface area contributed by atoms with Crippen LogP contribution in [0.5, 0.6) is 0 Å². The topological polar surface area (TPSA) is 64.2 Å². The monoisotopic (exact) mass is 324 g/mol. The van der Waals surface area contributed by atoms with Crippen molar-refractivity contribution in [3.8, 4) is 0 Å². The minimum atomic E-state index is 0.0211. The minimum absolute atomic E-state index is 0.0211. The number of fused-ring (bicyclic) bond motifs is 1. The van der Waals surface area contributed by atoms with E-state index in [1.165, 1.54) is 5.56 Å². The maximum absolute atomic E-state index is 12.8. The number of furan rings is 1. The average molecular weight is 324 g/mol. The van der Waals surface area contributed by atoms with Gasteiger partial charge in [0, 0.05) is 18.5 Å². The highest BCUT2D eigenvalue weighted by Gasteiger charge is 2.35. The summed E-state index contributed by atoms with van der Waals surface area (Å²) in [6.45, 7) is 7.24. The molecule has 24 heavy (non-hydrogen) atoms. The number of aryl methyl sites for hydroxylation is 3. The Hall–Kier alpha value is -2.63. The van der Waals surface area contributed by atoms with Gasteiger partial charge < -0.3 is 9.32 Å². The Balaban J connectivity index is 1.54. The number of hydrogen-bond donors (Lipinski definition) is 0. The molecule has 0 saturated carbocycles. The number of likely N-dealkylation sites (tertiary alicyclic amines) is 1. The number of rotatable bonds is 3. The molecule has 1 aromatic carbocycles. The fourth-order valence-corrected chi connectivity index (χ4v) is 3.29. The highest BCUT2D eigenvalue weighted by molar-refractivity contribution is 6.06. The van der Waals surface area contributed by atoms with Crippen molar-refractivity contribution in [2.75, 3.05) is 13.1 Å². The summed E-state index contributed by atoms with van der Waals surface area (Å²) in [5.74, 6) is 1.68. The summed E-state index contributed by atoms with van der Waals surface area (Å²) >= 11 is 0. The second-order valence-corrected chi connectivity index (χ2v) is 6.35. The smallest absolute Gasteiger partial charge is 0.257 e. The largest absolute Gasteiger partial charge is 0.463 e. The molecule has 6 heteroatoms. The molecule has 3 aromatic rings. The number of nitrogens with zero attached hydrogens (tertiary/aromatic N) is 4. The molecule has 4 rings (SSSR count). The Labute approximate surface area is 140 Å². The summed E-state index contributed by atoms with van der Waals surface area (Å²) < 4.78 is 7.47. The molecule has 1 fully saturated rings. The van der Waals surface area contributed by atoms with E-state index in [9.17, 15) is 4.79 Å². The molecular formula is C18H20N4O2. The van der Waals surface area contributed by atoms with Crippen molar-refractivity contribution in [3.05, 3.63) is 47.2 Å². The molecule has 0 radical (unpaired) electrons. The molecule has 1 saturated heterocycles. The van der Waals surface area contributed by atoms with Gasteiger partial charge in [-0.1, -0.05) is 13.0 Å². The van der Waals surface area contributed by atoms with Gasteiger partial charge in [-0.15, -0.1) is 0 Å². The Kier molecular flexibility index (Phi) is 3.40. The molecule has 0 spiro atoms. The van der Waals surface area contributed by atoms with Gasteiger partial charge in [0.2, 0.25) is 0 Å². The lowest BCUT2D eigenvalue weighted by Crippen LogP contribution is -2.51. The van der Waals surface area contributed by atoms with Gasteiger partial charge in [0.25, 0.3) is 5.91 Å². The highest BCUT2D eigenvalue weighted by atomic mass is 16.3. The molecule has 0 unspecified atom stereocenters. The summed E-state index contributed by atoms with van der Waals surface area (Å²) in [5, 5.41) is 5.31. The summed E-state index contributed by atoms with van der Waals surface area (Å²) in [6, 6.07) is 6.23. The first kappa shape index (κ1) is 14.9. The van der Waals surface area contributed by atoms with E-state index >= 15 is 0 Å². The van der Waals surface area contributed by atoms with E-state index in [1.54, 1.807) is 6.26 Å². The zero-order chi connectivity index (χ0) is 16.8. The Morgan fingerprint density at radius 3 is 2.79 bits per heavy atom. The van der Waals surface area contributed by atoms with Crippen molar-refractivity contribution in [3.63, 3.8) is 0 Å². The van der Waals surface area contributed by atoms with Gasteiger partial charge in [-0.3, -0.25) is 4.79 Å². The number of benzene rings is 1. The number of amides is 1. The first-order chi connectivity index (χ1) is 11.6. The summed E-state index contributed by atoms with van der Waals surface area (Å²) in [7, 11) is 0. The van der Waals surface area contributed by atoms with Gasteiger partial charge in [0.1, 0.15) is 23.5 Å². The first-order valence-electron chi connectivity index (χ1n) is 8.26. The van der Waals surface area contributed by atoms with Gasteiger partial charge in [-0.05, 0) is 38.0 Å². The zero-order valence-electron chi connectivity index (χ0n) is 14.1. The summed E-state index contributed by atoms with van der Waals surface area (Å²) in [4.78, 5) is 19.0. The lowest BCUT2D eigenvalue weighted by molar-refractivity contribution is 0.0498. The predicted octanol–water partition coefficient (Wildman–Crippen LogP) is 2.90. The van der Waals surface area contributed by atoms with E-state index in [1.807, 2.05) is 41.6 Å². The third kappa shape index (κ3) is 2.29. The average Bonchev–Trinajstić information content (AvgIpc) is 3.08. The van der Waals surface area contributed by atoms with Crippen LogP contribution in [-0.4, -0.2) is 38.7 Å². The molecular weight excluding hydrogens is 304 g/mol. The van der Waals surface area contributed by atoms with Crippen molar-refractivity contribution >= 4 is 16.9 Å². The third-order valence-electron chi connectivity index (χ3n) is 4.68. The molecule has 0 N–H and O–H groups in total. The maximum Gasteiger partial charge on any atom is 0.257 e. The summed E-state index contributed by atoms with van der Waals surface area (Å²) in [6.07, 6.45) is 2.51. The van der Waals surface area contributed by atoms with E-state index in [0.717, 1.165) is 29.0 Å². The number of carbonyl (C=O) groups excluding carboxylic acids is 1. The van der Waals surface area contributed by atoms with Crippen LogP contribution in [0.4, 0.5) is 0 Å². The zero-order valence-corrected chi connectivity index (χ0v) is 14.1. The van der Waals surface area contributed by atoms with E-state index in [-0.39, 0.29) is 11.9 Å². The van der Waals surface area contributed by atoms with E-state index < -0.39 is 0 Å². The van der Waals surface area contributed by atoms with Crippen LogP contribution in [0.3, 0.4) is 0 Å². The van der Waals surface area contributed by atoms with Gasteiger partial charge in [0.15, 0.2) is 0 Å². The molecule has 0 aliphatic carbocycles. The molecule has 0 bridgehead atoms. The highest BCUT2D eigenvalue weighted by Crippen LogP contribution is 2.28. The standard InChI is InChI=1S/C18H20N4O2/c1-4-13-5-6-17-15(7-13)16(10-24-17)18(23)21-8-14(9-21)22-12(3)19-11(2)20-22/h5-7,10,14H,4,8-9H2,1-3H3. The maximum atomic E-state index is 12.8.